The molecule has 6 nitrogen and oxygen atoms in total. The molecule has 0 spiro atoms. The molecule has 4 rings (SSSR count). The SMILES string of the molecule is Fc1cccc(-c2noc(-c3ccc(N4CCNCC4)nc3)n2)c1. The van der Waals surface area contributed by atoms with Crippen LogP contribution in [0.5, 0.6) is 0 Å². The van der Waals surface area contributed by atoms with Crippen LogP contribution in [0, 0.1) is 5.82 Å². The molecule has 0 aliphatic carbocycles. The number of benzene rings is 1. The van der Waals surface area contributed by atoms with E-state index >= 15 is 0 Å². The van der Waals surface area contributed by atoms with Crippen molar-refractivity contribution in [2.75, 3.05) is 31.1 Å². The fourth-order valence-electron chi connectivity index (χ4n) is 2.68. The van der Waals surface area contributed by atoms with Crippen LogP contribution in [0.2, 0.25) is 0 Å². The molecule has 0 unspecified atom stereocenters. The highest BCUT2D eigenvalue weighted by Crippen LogP contribution is 2.23. The van der Waals surface area contributed by atoms with Crippen LogP contribution in [0.25, 0.3) is 22.8 Å². The van der Waals surface area contributed by atoms with E-state index in [2.05, 4.69) is 25.3 Å². The van der Waals surface area contributed by atoms with Gasteiger partial charge in [0.15, 0.2) is 0 Å². The Kier molecular flexibility index (Phi) is 3.92. The van der Waals surface area contributed by atoms with Crippen molar-refractivity contribution in [2.45, 2.75) is 0 Å². The first-order valence-electron chi connectivity index (χ1n) is 7.81. The van der Waals surface area contributed by atoms with E-state index in [1.54, 1.807) is 18.3 Å². The Morgan fingerprint density at radius 2 is 1.96 bits per heavy atom. The van der Waals surface area contributed by atoms with Gasteiger partial charge in [0.25, 0.3) is 5.89 Å². The first-order chi connectivity index (χ1) is 11.8. The van der Waals surface area contributed by atoms with Gasteiger partial charge in [0, 0.05) is 37.9 Å². The number of nitrogens with one attached hydrogen (secondary N) is 1. The summed E-state index contributed by atoms with van der Waals surface area (Å²) in [5.41, 5.74) is 1.32. The van der Waals surface area contributed by atoms with E-state index in [1.807, 2.05) is 12.1 Å². The topological polar surface area (TPSA) is 67.1 Å². The summed E-state index contributed by atoms with van der Waals surface area (Å²) in [6.45, 7) is 3.81. The molecule has 1 saturated heterocycles. The zero-order valence-electron chi connectivity index (χ0n) is 12.9. The lowest BCUT2D eigenvalue weighted by atomic mass is 10.2. The van der Waals surface area contributed by atoms with Gasteiger partial charge in [-0.2, -0.15) is 4.98 Å². The van der Waals surface area contributed by atoms with Crippen molar-refractivity contribution in [1.29, 1.82) is 0 Å². The second kappa shape index (κ2) is 6.37. The Morgan fingerprint density at radius 3 is 2.71 bits per heavy atom. The summed E-state index contributed by atoms with van der Waals surface area (Å²) < 4.78 is 18.6. The van der Waals surface area contributed by atoms with Crippen molar-refractivity contribution in [3.05, 3.63) is 48.4 Å². The Bertz CT molecular complexity index is 827. The van der Waals surface area contributed by atoms with Crippen molar-refractivity contribution in [1.82, 2.24) is 20.4 Å². The van der Waals surface area contributed by atoms with Crippen LogP contribution >= 0.6 is 0 Å². The van der Waals surface area contributed by atoms with Crippen molar-refractivity contribution < 1.29 is 8.91 Å². The third-order valence-corrected chi connectivity index (χ3v) is 3.94. The van der Waals surface area contributed by atoms with Crippen LogP contribution in [0.3, 0.4) is 0 Å². The van der Waals surface area contributed by atoms with E-state index in [9.17, 15) is 4.39 Å². The summed E-state index contributed by atoms with van der Waals surface area (Å²) in [4.78, 5) is 11.0. The number of halogens is 1. The quantitative estimate of drug-likeness (QED) is 0.797. The predicted octanol–water partition coefficient (Wildman–Crippen LogP) is 2.35. The number of nitrogens with zero attached hydrogens (tertiary/aromatic N) is 4. The number of anilines is 1. The first-order valence-corrected chi connectivity index (χ1v) is 7.81. The van der Waals surface area contributed by atoms with Gasteiger partial charge in [0.1, 0.15) is 11.6 Å². The van der Waals surface area contributed by atoms with E-state index in [-0.39, 0.29) is 5.82 Å². The van der Waals surface area contributed by atoms with Crippen LogP contribution in [-0.2, 0) is 0 Å². The molecule has 3 aromatic rings. The standard InChI is InChI=1S/C17H16FN5O/c18-14-3-1-2-12(10-14)16-21-17(24-22-16)13-4-5-15(20-11-13)23-8-6-19-7-9-23/h1-5,10-11,19H,6-9H2. The second-order valence-electron chi connectivity index (χ2n) is 5.58. The molecule has 1 aromatic carbocycles. The molecular weight excluding hydrogens is 309 g/mol. The molecule has 122 valence electrons. The van der Waals surface area contributed by atoms with Crippen molar-refractivity contribution in [3.8, 4) is 22.8 Å². The summed E-state index contributed by atoms with van der Waals surface area (Å²) in [7, 11) is 0. The Balaban J connectivity index is 1.56. The van der Waals surface area contributed by atoms with Gasteiger partial charge in [0.05, 0.1) is 5.56 Å². The first kappa shape index (κ1) is 14.8. The van der Waals surface area contributed by atoms with Gasteiger partial charge in [-0.05, 0) is 24.3 Å². The van der Waals surface area contributed by atoms with Gasteiger partial charge in [-0.3, -0.25) is 0 Å². The van der Waals surface area contributed by atoms with Crippen molar-refractivity contribution in [2.24, 2.45) is 0 Å². The predicted molar refractivity (Wildman–Crippen MR) is 88.0 cm³/mol. The lowest BCUT2D eigenvalue weighted by Crippen LogP contribution is -2.43. The highest BCUT2D eigenvalue weighted by molar-refractivity contribution is 5.60. The molecule has 0 bridgehead atoms. The molecule has 0 saturated carbocycles. The second-order valence-corrected chi connectivity index (χ2v) is 5.58. The van der Waals surface area contributed by atoms with E-state index in [0.29, 0.717) is 17.3 Å². The van der Waals surface area contributed by atoms with Crippen LogP contribution in [0.15, 0.2) is 47.1 Å². The minimum atomic E-state index is -0.333. The highest BCUT2D eigenvalue weighted by atomic mass is 19.1. The maximum atomic E-state index is 13.3. The van der Waals surface area contributed by atoms with E-state index in [4.69, 9.17) is 4.52 Å². The Morgan fingerprint density at radius 1 is 1.08 bits per heavy atom. The maximum absolute atomic E-state index is 13.3. The summed E-state index contributed by atoms with van der Waals surface area (Å²) in [6, 6.07) is 9.97. The molecule has 7 heteroatoms. The van der Waals surface area contributed by atoms with E-state index in [1.165, 1.54) is 12.1 Å². The Hall–Kier alpha value is -2.80. The largest absolute Gasteiger partial charge is 0.354 e. The van der Waals surface area contributed by atoms with Gasteiger partial charge in [-0.15, -0.1) is 0 Å². The molecule has 0 amide bonds. The van der Waals surface area contributed by atoms with Crippen molar-refractivity contribution in [3.63, 3.8) is 0 Å². The average molecular weight is 325 g/mol. The van der Waals surface area contributed by atoms with Crippen LogP contribution in [0.1, 0.15) is 0 Å². The summed E-state index contributed by atoms with van der Waals surface area (Å²) >= 11 is 0. The highest BCUT2D eigenvalue weighted by Gasteiger charge is 2.14. The van der Waals surface area contributed by atoms with Crippen LogP contribution < -0.4 is 10.2 Å². The summed E-state index contributed by atoms with van der Waals surface area (Å²) in [5, 5.41) is 7.23. The molecule has 2 aromatic heterocycles. The van der Waals surface area contributed by atoms with Gasteiger partial charge in [-0.1, -0.05) is 17.3 Å². The van der Waals surface area contributed by atoms with E-state index < -0.39 is 0 Å². The molecular formula is C17H16FN5O. The minimum Gasteiger partial charge on any atom is -0.354 e. The van der Waals surface area contributed by atoms with Crippen LogP contribution in [-0.4, -0.2) is 41.3 Å². The molecule has 1 fully saturated rings. The number of pyridine rings is 1. The minimum absolute atomic E-state index is 0.333. The maximum Gasteiger partial charge on any atom is 0.259 e. The van der Waals surface area contributed by atoms with E-state index in [0.717, 1.165) is 37.6 Å². The van der Waals surface area contributed by atoms with Gasteiger partial charge < -0.3 is 14.7 Å². The average Bonchev–Trinajstić information content (AvgIpc) is 3.13. The zero-order valence-corrected chi connectivity index (χ0v) is 12.9. The number of rotatable bonds is 3. The third kappa shape index (κ3) is 2.98. The molecule has 1 N–H and O–H groups in total. The number of hydrogen-bond donors (Lipinski definition) is 1. The smallest absolute Gasteiger partial charge is 0.259 e. The van der Waals surface area contributed by atoms with Gasteiger partial charge in [0.2, 0.25) is 5.82 Å². The normalized spacial score (nSPS) is 14.8. The third-order valence-electron chi connectivity index (χ3n) is 3.94. The Labute approximate surface area is 138 Å². The molecule has 1 aliphatic rings. The van der Waals surface area contributed by atoms with Gasteiger partial charge >= 0.3 is 0 Å². The molecule has 3 heterocycles. The fraction of sp³-hybridized carbons (Fsp3) is 0.235. The molecule has 24 heavy (non-hydrogen) atoms. The molecule has 0 atom stereocenters. The lowest BCUT2D eigenvalue weighted by Gasteiger charge is -2.28. The lowest BCUT2D eigenvalue weighted by molar-refractivity contribution is 0.432. The molecule has 1 aliphatic heterocycles. The summed E-state index contributed by atoms with van der Waals surface area (Å²) in [5.74, 6) is 1.33. The fourth-order valence-corrected chi connectivity index (χ4v) is 2.68. The zero-order chi connectivity index (χ0) is 16.4. The number of piperazine rings is 1. The summed E-state index contributed by atoms with van der Waals surface area (Å²) in [6.07, 6.45) is 1.72. The monoisotopic (exact) mass is 325 g/mol. The molecule has 0 radical (unpaired) electrons. The van der Waals surface area contributed by atoms with Crippen molar-refractivity contribution >= 4 is 5.82 Å². The van der Waals surface area contributed by atoms with Crippen LogP contribution in [0.4, 0.5) is 10.2 Å². The number of aromatic nitrogens is 3. The van der Waals surface area contributed by atoms with Gasteiger partial charge in [-0.25, -0.2) is 9.37 Å². The number of hydrogen-bond acceptors (Lipinski definition) is 6.